The SMILES string of the molecule is CCc1c(C)c2c3c(cc(C)n3CCN2S(=O)c2cccnc2)c1-c1ccc(Cl)cc1. The third-order valence-electron chi connectivity index (χ3n) is 6.21. The number of benzene rings is 2. The van der Waals surface area contributed by atoms with Crippen LogP contribution in [0.5, 0.6) is 0 Å². The van der Waals surface area contributed by atoms with Crippen molar-refractivity contribution in [2.45, 2.75) is 38.6 Å². The first-order chi connectivity index (χ1) is 15.0. The minimum Gasteiger partial charge on any atom is -0.341 e. The van der Waals surface area contributed by atoms with E-state index in [1.807, 2.05) is 24.3 Å². The van der Waals surface area contributed by atoms with Crippen molar-refractivity contribution in [3.05, 3.63) is 76.7 Å². The molecule has 0 aliphatic carbocycles. The third-order valence-corrected chi connectivity index (χ3v) is 7.87. The average molecular weight is 450 g/mol. The predicted octanol–water partition coefficient (Wildman–Crippen LogP) is 6.08. The Bertz CT molecular complexity index is 1310. The summed E-state index contributed by atoms with van der Waals surface area (Å²) in [5.41, 5.74) is 8.37. The van der Waals surface area contributed by atoms with Crippen LogP contribution < -0.4 is 4.31 Å². The Morgan fingerprint density at radius 3 is 2.58 bits per heavy atom. The fraction of sp³-hybridized carbons (Fsp3) is 0.240. The van der Waals surface area contributed by atoms with Crippen molar-refractivity contribution in [3.63, 3.8) is 0 Å². The van der Waals surface area contributed by atoms with Crippen LogP contribution in [-0.4, -0.2) is 20.3 Å². The molecule has 0 fully saturated rings. The summed E-state index contributed by atoms with van der Waals surface area (Å²) in [7, 11) is -1.31. The Labute approximate surface area is 190 Å². The van der Waals surface area contributed by atoms with Gasteiger partial charge in [0.05, 0.1) is 22.6 Å². The molecule has 0 bridgehead atoms. The van der Waals surface area contributed by atoms with Gasteiger partial charge in [0.25, 0.3) is 0 Å². The van der Waals surface area contributed by atoms with Crippen LogP contribution in [0.15, 0.2) is 59.8 Å². The van der Waals surface area contributed by atoms with Crippen molar-refractivity contribution in [3.8, 4) is 11.1 Å². The number of aromatic nitrogens is 2. The highest BCUT2D eigenvalue weighted by Crippen LogP contribution is 2.45. The van der Waals surface area contributed by atoms with Crippen LogP contribution in [0.2, 0.25) is 5.02 Å². The summed E-state index contributed by atoms with van der Waals surface area (Å²) in [6.45, 7) is 8.01. The molecule has 1 atom stereocenters. The molecule has 2 aromatic heterocycles. The zero-order valence-electron chi connectivity index (χ0n) is 17.9. The molecule has 4 nitrogen and oxygen atoms in total. The van der Waals surface area contributed by atoms with E-state index in [0.29, 0.717) is 6.54 Å². The molecule has 0 spiro atoms. The van der Waals surface area contributed by atoms with E-state index < -0.39 is 11.0 Å². The van der Waals surface area contributed by atoms with E-state index in [-0.39, 0.29) is 0 Å². The maximum atomic E-state index is 13.6. The summed E-state index contributed by atoms with van der Waals surface area (Å²) in [5, 5.41) is 1.95. The van der Waals surface area contributed by atoms with E-state index in [4.69, 9.17) is 11.6 Å². The lowest BCUT2D eigenvalue weighted by atomic mass is 9.89. The zero-order valence-corrected chi connectivity index (χ0v) is 19.4. The molecule has 1 aliphatic rings. The van der Waals surface area contributed by atoms with Gasteiger partial charge in [-0.15, -0.1) is 0 Å². The quantitative estimate of drug-likeness (QED) is 0.378. The molecule has 4 aromatic rings. The second kappa shape index (κ2) is 7.81. The highest BCUT2D eigenvalue weighted by Gasteiger charge is 2.30. The second-order valence-corrected chi connectivity index (χ2v) is 9.77. The van der Waals surface area contributed by atoms with Gasteiger partial charge in [-0.25, -0.2) is 4.21 Å². The molecule has 0 radical (unpaired) electrons. The van der Waals surface area contributed by atoms with Crippen LogP contribution in [0.25, 0.3) is 22.0 Å². The Balaban J connectivity index is 1.81. The Hall–Kier alpha value is -2.63. The number of aryl methyl sites for hydroxylation is 1. The molecule has 6 heteroatoms. The topological polar surface area (TPSA) is 38.1 Å². The minimum absolute atomic E-state index is 0.698. The Kier molecular flexibility index (Phi) is 5.11. The van der Waals surface area contributed by atoms with E-state index in [2.05, 4.69) is 52.8 Å². The summed E-state index contributed by atoms with van der Waals surface area (Å²) in [5.74, 6) is 0. The highest BCUT2D eigenvalue weighted by atomic mass is 35.5. The smallest absolute Gasteiger partial charge is 0.154 e. The Morgan fingerprint density at radius 2 is 1.90 bits per heavy atom. The normalized spacial score (nSPS) is 14.3. The number of hydrogen-bond donors (Lipinski definition) is 0. The van der Waals surface area contributed by atoms with Gasteiger partial charge < -0.3 is 4.57 Å². The summed E-state index contributed by atoms with van der Waals surface area (Å²) in [4.78, 5) is 4.91. The molecule has 0 amide bonds. The Morgan fingerprint density at radius 1 is 1.13 bits per heavy atom. The highest BCUT2D eigenvalue weighted by molar-refractivity contribution is 7.86. The van der Waals surface area contributed by atoms with Gasteiger partial charge in [0.1, 0.15) is 0 Å². The van der Waals surface area contributed by atoms with Crippen LogP contribution in [0.3, 0.4) is 0 Å². The van der Waals surface area contributed by atoms with Crippen molar-refractivity contribution in [2.24, 2.45) is 0 Å². The summed E-state index contributed by atoms with van der Waals surface area (Å²) in [6, 6.07) is 14.1. The summed E-state index contributed by atoms with van der Waals surface area (Å²) < 4.78 is 18.0. The molecule has 31 heavy (non-hydrogen) atoms. The molecule has 1 aliphatic heterocycles. The van der Waals surface area contributed by atoms with E-state index >= 15 is 0 Å². The van der Waals surface area contributed by atoms with E-state index in [1.165, 1.54) is 38.9 Å². The first kappa shape index (κ1) is 20.3. The van der Waals surface area contributed by atoms with Crippen molar-refractivity contribution in [1.29, 1.82) is 0 Å². The van der Waals surface area contributed by atoms with Gasteiger partial charge in [0.15, 0.2) is 11.0 Å². The molecule has 158 valence electrons. The number of rotatable bonds is 4. The molecule has 3 heterocycles. The monoisotopic (exact) mass is 449 g/mol. The number of anilines is 1. The van der Waals surface area contributed by atoms with Gasteiger partial charge in [-0.05, 0) is 72.9 Å². The molecular weight excluding hydrogens is 426 g/mol. The average Bonchev–Trinajstić information content (AvgIpc) is 3.13. The molecular formula is C25H24ClN3OS. The third kappa shape index (κ3) is 3.19. The van der Waals surface area contributed by atoms with E-state index in [0.717, 1.165) is 28.6 Å². The number of hydrogen-bond acceptors (Lipinski definition) is 2. The maximum absolute atomic E-state index is 13.6. The van der Waals surface area contributed by atoms with Crippen LogP contribution in [-0.2, 0) is 24.0 Å². The molecule has 0 saturated carbocycles. The maximum Gasteiger partial charge on any atom is 0.154 e. The number of halogens is 1. The van der Waals surface area contributed by atoms with Crippen LogP contribution >= 0.6 is 11.6 Å². The van der Waals surface area contributed by atoms with Gasteiger partial charge in [-0.1, -0.05) is 30.7 Å². The van der Waals surface area contributed by atoms with E-state index in [9.17, 15) is 4.21 Å². The fourth-order valence-electron chi connectivity index (χ4n) is 4.82. The van der Waals surface area contributed by atoms with Crippen LogP contribution in [0.4, 0.5) is 5.69 Å². The van der Waals surface area contributed by atoms with Crippen molar-refractivity contribution < 1.29 is 4.21 Å². The molecule has 1 unspecified atom stereocenters. The van der Waals surface area contributed by atoms with Gasteiger partial charge >= 0.3 is 0 Å². The molecule has 0 N–H and O–H groups in total. The second-order valence-electron chi connectivity index (χ2n) is 7.93. The lowest BCUT2D eigenvalue weighted by Crippen LogP contribution is -2.34. The summed E-state index contributed by atoms with van der Waals surface area (Å²) in [6.07, 6.45) is 4.31. The van der Waals surface area contributed by atoms with Gasteiger partial charge in [-0.3, -0.25) is 9.29 Å². The van der Waals surface area contributed by atoms with Crippen molar-refractivity contribution in [2.75, 3.05) is 10.8 Å². The summed E-state index contributed by atoms with van der Waals surface area (Å²) >= 11 is 6.17. The van der Waals surface area contributed by atoms with Crippen molar-refractivity contribution >= 4 is 39.2 Å². The largest absolute Gasteiger partial charge is 0.341 e. The van der Waals surface area contributed by atoms with Gasteiger partial charge in [-0.2, -0.15) is 0 Å². The molecule has 0 saturated heterocycles. The first-order valence-electron chi connectivity index (χ1n) is 10.5. The number of nitrogens with zero attached hydrogens (tertiary/aromatic N) is 3. The van der Waals surface area contributed by atoms with Gasteiger partial charge in [0, 0.05) is 35.0 Å². The predicted molar refractivity (Wildman–Crippen MR) is 129 cm³/mol. The lowest BCUT2D eigenvalue weighted by Gasteiger charge is -2.33. The number of pyridine rings is 1. The standard InChI is InChI=1S/C25H24ClN3OS/c1-4-21-17(3)24-25-22(23(21)18-7-9-19(26)10-8-18)14-16(2)28(25)12-13-29(24)31(30)20-6-5-11-27-15-20/h5-11,14-15H,4,12-13H2,1-3H3. The van der Waals surface area contributed by atoms with Crippen LogP contribution in [0, 0.1) is 13.8 Å². The van der Waals surface area contributed by atoms with Crippen LogP contribution in [0.1, 0.15) is 23.7 Å². The first-order valence-corrected chi connectivity index (χ1v) is 12.0. The molecule has 2 aromatic carbocycles. The molecule has 5 rings (SSSR count). The minimum atomic E-state index is -1.31. The van der Waals surface area contributed by atoms with Gasteiger partial charge in [0.2, 0.25) is 0 Å². The lowest BCUT2D eigenvalue weighted by molar-refractivity contribution is 0.659. The van der Waals surface area contributed by atoms with E-state index in [1.54, 1.807) is 12.4 Å². The zero-order chi connectivity index (χ0) is 21.7. The van der Waals surface area contributed by atoms with Crippen molar-refractivity contribution in [1.82, 2.24) is 9.55 Å². The fourth-order valence-corrected chi connectivity index (χ4v) is 6.18.